The Balaban J connectivity index is 1.91. The zero-order valence-electron chi connectivity index (χ0n) is 15.0. The molecule has 0 saturated carbocycles. The van der Waals surface area contributed by atoms with Gasteiger partial charge in [-0.05, 0) is 62.3 Å². The summed E-state index contributed by atoms with van der Waals surface area (Å²) in [4.78, 5) is 13.2. The minimum Gasteiger partial charge on any atom is -0.496 e. The molecule has 0 atom stereocenters. The van der Waals surface area contributed by atoms with Gasteiger partial charge < -0.3 is 19.5 Å². The van der Waals surface area contributed by atoms with E-state index in [4.69, 9.17) is 14.6 Å². The second kappa shape index (κ2) is 9.08. The smallest absolute Gasteiger partial charge is 0.339 e. The number of aryl methyl sites for hydroxylation is 2. The first-order valence-electron chi connectivity index (χ1n) is 8.26. The molecule has 5 heteroatoms. The molecule has 2 rings (SSSR count). The van der Waals surface area contributed by atoms with Crippen LogP contribution in [-0.2, 0) is 12.8 Å². The minimum atomic E-state index is -0.978. The molecule has 0 aliphatic heterocycles. The number of carbonyl (C=O) groups is 1. The van der Waals surface area contributed by atoms with Crippen molar-refractivity contribution in [2.24, 2.45) is 0 Å². The van der Waals surface area contributed by atoms with E-state index in [2.05, 4.69) is 17.0 Å². The van der Waals surface area contributed by atoms with Crippen molar-refractivity contribution >= 4 is 5.97 Å². The average Bonchev–Trinajstić information content (AvgIpc) is 2.60. The number of likely N-dealkylation sites (N-methyl/N-ethyl adjacent to an activating group) is 1. The van der Waals surface area contributed by atoms with Gasteiger partial charge in [-0.3, -0.25) is 0 Å². The molecule has 134 valence electrons. The standard InChI is InChI=1S/C20H25NO4/c1-21(2)12-13-25-17-9-6-15(7-10-17)4-5-16-8-11-18(20(22)23)19(14-16)24-3/h6-11,14H,4-5,12-13H2,1-3H3,(H,22,23). The molecule has 0 bridgehead atoms. The highest BCUT2D eigenvalue weighted by molar-refractivity contribution is 5.90. The first-order chi connectivity index (χ1) is 12.0. The van der Waals surface area contributed by atoms with Crippen LogP contribution < -0.4 is 9.47 Å². The summed E-state index contributed by atoms with van der Waals surface area (Å²) in [5.41, 5.74) is 2.44. The third-order valence-corrected chi connectivity index (χ3v) is 3.93. The fourth-order valence-electron chi connectivity index (χ4n) is 2.45. The summed E-state index contributed by atoms with van der Waals surface area (Å²) in [5, 5.41) is 9.12. The number of benzene rings is 2. The van der Waals surface area contributed by atoms with Gasteiger partial charge in [-0.1, -0.05) is 18.2 Å². The molecular weight excluding hydrogens is 318 g/mol. The summed E-state index contributed by atoms with van der Waals surface area (Å²) >= 11 is 0. The van der Waals surface area contributed by atoms with Crippen LogP contribution in [-0.4, -0.2) is 50.3 Å². The van der Waals surface area contributed by atoms with Crippen LogP contribution in [0.2, 0.25) is 0 Å². The lowest BCUT2D eigenvalue weighted by molar-refractivity contribution is 0.0693. The van der Waals surface area contributed by atoms with Gasteiger partial charge in [-0.25, -0.2) is 4.79 Å². The number of hydrogen-bond acceptors (Lipinski definition) is 4. The van der Waals surface area contributed by atoms with Gasteiger partial charge in [0.1, 0.15) is 23.7 Å². The first kappa shape index (κ1) is 18.8. The highest BCUT2D eigenvalue weighted by Gasteiger charge is 2.11. The number of aromatic carboxylic acids is 1. The molecule has 0 unspecified atom stereocenters. The summed E-state index contributed by atoms with van der Waals surface area (Å²) in [6.07, 6.45) is 1.69. The fourth-order valence-corrected chi connectivity index (χ4v) is 2.45. The van der Waals surface area contributed by atoms with E-state index in [1.807, 2.05) is 32.3 Å². The van der Waals surface area contributed by atoms with Crippen molar-refractivity contribution < 1.29 is 19.4 Å². The Bertz CT molecular complexity index is 695. The predicted octanol–water partition coefficient (Wildman–Crippen LogP) is 3.12. The van der Waals surface area contributed by atoms with Crippen molar-refractivity contribution in [3.05, 3.63) is 59.2 Å². The van der Waals surface area contributed by atoms with Crippen LogP contribution in [0.1, 0.15) is 21.5 Å². The molecule has 5 nitrogen and oxygen atoms in total. The van der Waals surface area contributed by atoms with Gasteiger partial charge in [0.2, 0.25) is 0 Å². The Morgan fingerprint density at radius 1 is 1.04 bits per heavy atom. The molecule has 0 fully saturated rings. The Morgan fingerprint density at radius 2 is 1.68 bits per heavy atom. The van der Waals surface area contributed by atoms with E-state index >= 15 is 0 Å². The number of rotatable bonds is 9. The Labute approximate surface area is 148 Å². The van der Waals surface area contributed by atoms with Crippen molar-refractivity contribution in [1.82, 2.24) is 4.90 Å². The third kappa shape index (κ3) is 5.80. The molecule has 0 saturated heterocycles. The molecule has 0 amide bonds. The van der Waals surface area contributed by atoms with Crippen LogP contribution in [0.25, 0.3) is 0 Å². The molecule has 1 N–H and O–H groups in total. The number of carboxylic acids is 1. The van der Waals surface area contributed by atoms with Crippen LogP contribution in [0, 0.1) is 0 Å². The van der Waals surface area contributed by atoms with E-state index in [0.717, 1.165) is 30.7 Å². The second-order valence-corrected chi connectivity index (χ2v) is 6.14. The van der Waals surface area contributed by atoms with Gasteiger partial charge in [-0.2, -0.15) is 0 Å². The van der Waals surface area contributed by atoms with Gasteiger partial charge in [-0.15, -0.1) is 0 Å². The van der Waals surface area contributed by atoms with Gasteiger partial charge in [0.15, 0.2) is 0 Å². The minimum absolute atomic E-state index is 0.186. The average molecular weight is 343 g/mol. The topological polar surface area (TPSA) is 59.0 Å². The van der Waals surface area contributed by atoms with Crippen molar-refractivity contribution in [1.29, 1.82) is 0 Å². The van der Waals surface area contributed by atoms with E-state index < -0.39 is 5.97 Å². The van der Waals surface area contributed by atoms with Crippen LogP contribution >= 0.6 is 0 Å². The summed E-state index contributed by atoms with van der Waals surface area (Å²) in [6.45, 7) is 1.55. The second-order valence-electron chi connectivity index (χ2n) is 6.14. The summed E-state index contributed by atoms with van der Waals surface area (Å²) in [5.74, 6) is 0.293. The summed E-state index contributed by atoms with van der Waals surface area (Å²) in [7, 11) is 5.52. The zero-order valence-corrected chi connectivity index (χ0v) is 15.0. The van der Waals surface area contributed by atoms with Gasteiger partial charge in [0.25, 0.3) is 0 Å². The Kier molecular flexibility index (Phi) is 6.83. The highest BCUT2D eigenvalue weighted by atomic mass is 16.5. The number of hydrogen-bond donors (Lipinski definition) is 1. The van der Waals surface area contributed by atoms with Crippen LogP contribution in [0.15, 0.2) is 42.5 Å². The largest absolute Gasteiger partial charge is 0.496 e. The van der Waals surface area contributed by atoms with E-state index in [1.165, 1.54) is 12.7 Å². The fraction of sp³-hybridized carbons (Fsp3) is 0.350. The lowest BCUT2D eigenvalue weighted by Gasteiger charge is -2.11. The maximum atomic E-state index is 11.1. The van der Waals surface area contributed by atoms with E-state index in [9.17, 15) is 4.79 Å². The van der Waals surface area contributed by atoms with Gasteiger partial charge in [0.05, 0.1) is 7.11 Å². The molecule has 25 heavy (non-hydrogen) atoms. The predicted molar refractivity (Wildman–Crippen MR) is 97.9 cm³/mol. The normalized spacial score (nSPS) is 10.7. The van der Waals surface area contributed by atoms with Crippen LogP contribution in [0.4, 0.5) is 0 Å². The molecular formula is C20H25NO4. The van der Waals surface area contributed by atoms with Crippen molar-refractivity contribution in [3.8, 4) is 11.5 Å². The number of carboxylic acid groups (broad SMARTS) is 1. The molecule has 0 aromatic heterocycles. The third-order valence-electron chi connectivity index (χ3n) is 3.93. The quantitative estimate of drug-likeness (QED) is 0.758. The van der Waals surface area contributed by atoms with Crippen molar-refractivity contribution in [3.63, 3.8) is 0 Å². The molecule has 0 spiro atoms. The summed E-state index contributed by atoms with van der Waals surface area (Å²) in [6, 6.07) is 13.3. The Hall–Kier alpha value is -2.53. The van der Waals surface area contributed by atoms with Crippen molar-refractivity contribution in [2.45, 2.75) is 12.8 Å². The van der Waals surface area contributed by atoms with E-state index in [-0.39, 0.29) is 5.56 Å². The molecule has 0 radical (unpaired) electrons. The number of nitrogens with zero attached hydrogens (tertiary/aromatic N) is 1. The first-order valence-corrected chi connectivity index (χ1v) is 8.26. The summed E-state index contributed by atoms with van der Waals surface area (Å²) < 4.78 is 10.9. The lowest BCUT2D eigenvalue weighted by Crippen LogP contribution is -2.19. The monoisotopic (exact) mass is 343 g/mol. The zero-order chi connectivity index (χ0) is 18.2. The molecule has 2 aromatic carbocycles. The molecule has 2 aromatic rings. The molecule has 0 heterocycles. The highest BCUT2D eigenvalue weighted by Crippen LogP contribution is 2.21. The lowest BCUT2D eigenvalue weighted by atomic mass is 10.0. The Morgan fingerprint density at radius 3 is 2.28 bits per heavy atom. The maximum absolute atomic E-state index is 11.1. The van der Waals surface area contributed by atoms with Crippen molar-refractivity contribution in [2.75, 3.05) is 34.4 Å². The number of ether oxygens (including phenoxy) is 2. The van der Waals surface area contributed by atoms with Gasteiger partial charge in [0, 0.05) is 6.54 Å². The van der Waals surface area contributed by atoms with Gasteiger partial charge >= 0.3 is 5.97 Å². The SMILES string of the molecule is COc1cc(CCc2ccc(OCCN(C)C)cc2)ccc1C(=O)O. The van der Waals surface area contributed by atoms with E-state index in [0.29, 0.717) is 12.4 Å². The van der Waals surface area contributed by atoms with Crippen LogP contribution in [0.5, 0.6) is 11.5 Å². The molecule has 0 aliphatic rings. The van der Waals surface area contributed by atoms with Crippen LogP contribution in [0.3, 0.4) is 0 Å². The number of methoxy groups -OCH3 is 1. The molecule has 0 aliphatic carbocycles. The maximum Gasteiger partial charge on any atom is 0.339 e. The van der Waals surface area contributed by atoms with E-state index in [1.54, 1.807) is 12.1 Å².